The van der Waals surface area contributed by atoms with Crippen LogP contribution in [-0.2, 0) is 0 Å². The normalized spacial score (nSPS) is 17.3. The summed E-state index contributed by atoms with van der Waals surface area (Å²) >= 11 is 6.00. The third-order valence-electron chi connectivity index (χ3n) is 3.10. The molecule has 0 radical (unpaired) electrons. The van der Waals surface area contributed by atoms with Gasteiger partial charge in [-0.05, 0) is 18.8 Å². The van der Waals surface area contributed by atoms with E-state index in [2.05, 4.69) is 15.3 Å². The zero-order chi connectivity index (χ0) is 11.4. The van der Waals surface area contributed by atoms with E-state index >= 15 is 0 Å². The lowest BCUT2D eigenvalue weighted by Crippen LogP contribution is -2.18. The van der Waals surface area contributed by atoms with Crippen LogP contribution in [0.2, 0.25) is 5.02 Å². The summed E-state index contributed by atoms with van der Waals surface area (Å²) in [6, 6.07) is 0. The van der Waals surface area contributed by atoms with Gasteiger partial charge in [-0.15, -0.1) is 0 Å². The van der Waals surface area contributed by atoms with Gasteiger partial charge in [0.25, 0.3) is 0 Å². The summed E-state index contributed by atoms with van der Waals surface area (Å²) in [6.45, 7) is 0.927. The molecule has 1 aliphatic rings. The van der Waals surface area contributed by atoms with Crippen molar-refractivity contribution >= 4 is 23.2 Å². The van der Waals surface area contributed by atoms with Gasteiger partial charge in [0.1, 0.15) is 23.0 Å². The molecule has 1 fully saturated rings. The average Bonchev–Trinajstić information content (AvgIpc) is 2.32. The Balaban J connectivity index is 1.91. The van der Waals surface area contributed by atoms with Crippen molar-refractivity contribution in [2.24, 2.45) is 5.92 Å². The van der Waals surface area contributed by atoms with Crippen LogP contribution in [0.15, 0.2) is 6.33 Å². The number of nitrogens with one attached hydrogen (secondary N) is 1. The lowest BCUT2D eigenvalue weighted by atomic mass is 9.89. The van der Waals surface area contributed by atoms with E-state index in [1.54, 1.807) is 0 Å². The van der Waals surface area contributed by atoms with Crippen LogP contribution in [0.5, 0.6) is 0 Å². The number of hydrogen-bond acceptors (Lipinski definition) is 4. The standard InChI is InChI=1S/C11H17ClN4/c12-9-10(13)15-7-16-11(9)14-6-8-4-2-1-3-5-8/h7-8H,1-6H2,(H3,13,14,15,16). The molecule has 1 aliphatic carbocycles. The second-order valence-corrected chi connectivity index (χ2v) is 4.68. The minimum Gasteiger partial charge on any atom is -0.382 e. The van der Waals surface area contributed by atoms with E-state index in [1.165, 1.54) is 38.4 Å². The van der Waals surface area contributed by atoms with Gasteiger partial charge in [-0.25, -0.2) is 9.97 Å². The van der Waals surface area contributed by atoms with Crippen LogP contribution in [-0.4, -0.2) is 16.5 Å². The van der Waals surface area contributed by atoms with E-state index in [0.717, 1.165) is 12.5 Å². The maximum Gasteiger partial charge on any atom is 0.150 e. The molecule has 5 heteroatoms. The quantitative estimate of drug-likeness (QED) is 0.853. The van der Waals surface area contributed by atoms with Crippen molar-refractivity contribution in [1.29, 1.82) is 0 Å². The topological polar surface area (TPSA) is 63.8 Å². The third-order valence-corrected chi connectivity index (χ3v) is 3.47. The Labute approximate surface area is 101 Å². The first-order valence-electron chi connectivity index (χ1n) is 5.77. The van der Waals surface area contributed by atoms with Gasteiger partial charge in [-0.2, -0.15) is 0 Å². The summed E-state index contributed by atoms with van der Waals surface area (Å²) in [5.74, 6) is 1.73. The summed E-state index contributed by atoms with van der Waals surface area (Å²) in [4.78, 5) is 7.92. The molecule has 2 rings (SSSR count). The average molecular weight is 241 g/mol. The fraction of sp³-hybridized carbons (Fsp3) is 0.636. The van der Waals surface area contributed by atoms with Crippen LogP contribution in [0.4, 0.5) is 11.6 Å². The number of nitrogens with zero attached hydrogens (tertiary/aromatic N) is 2. The minimum atomic E-state index is 0.336. The highest BCUT2D eigenvalue weighted by Gasteiger charge is 2.14. The van der Waals surface area contributed by atoms with Crippen LogP contribution in [0.25, 0.3) is 0 Å². The van der Waals surface area contributed by atoms with Gasteiger partial charge in [-0.1, -0.05) is 30.9 Å². The Hall–Kier alpha value is -1.03. The van der Waals surface area contributed by atoms with Gasteiger partial charge in [0, 0.05) is 6.54 Å². The van der Waals surface area contributed by atoms with Gasteiger partial charge in [0.2, 0.25) is 0 Å². The Kier molecular flexibility index (Phi) is 3.83. The highest BCUT2D eigenvalue weighted by atomic mass is 35.5. The highest BCUT2D eigenvalue weighted by molar-refractivity contribution is 6.35. The molecular formula is C11H17ClN4. The lowest BCUT2D eigenvalue weighted by Gasteiger charge is -2.22. The van der Waals surface area contributed by atoms with E-state index in [4.69, 9.17) is 17.3 Å². The second-order valence-electron chi connectivity index (χ2n) is 4.31. The van der Waals surface area contributed by atoms with Crippen molar-refractivity contribution in [3.63, 3.8) is 0 Å². The number of halogens is 1. The molecule has 1 heterocycles. The molecule has 0 bridgehead atoms. The fourth-order valence-corrected chi connectivity index (χ4v) is 2.30. The fourth-order valence-electron chi connectivity index (χ4n) is 2.14. The number of aromatic nitrogens is 2. The number of anilines is 2. The molecule has 0 amide bonds. The summed E-state index contributed by atoms with van der Waals surface area (Å²) in [6.07, 6.45) is 8.08. The molecular weight excluding hydrogens is 224 g/mol. The van der Waals surface area contributed by atoms with Crippen molar-refractivity contribution < 1.29 is 0 Å². The molecule has 3 N–H and O–H groups in total. The molecule has 0 aromatic carbocycles. The van der Waals surface area contributed by atoms with Crippen LogP contribution in [0.1, 0.15) is 32.1 Å². The zero-order valence-electron chi connectivity index (χ0n) is 9.25. The Morgan fingerprint density at radius 1 is 1.31 bits per heavy atom. The van der Waals surface area contributed by atoms with Crippen molar-refractivity contribution in [2.75, 3.05) is 17.6 Å². The lowest BCUT2D eigenvalue weighted by molar-refractivity contribution is 0.373. The van der Waals surface area contributed by atoms with Gasteiger partial charge in [0.05, 0.1) is 0 Å². The maximum atomic E-state index is 6.00. The summed E-state index contributed by atoms with van der Waals surface area (Å²) in [5, 5.41) is 3.69. The molecule has 16 heavy (non-hydrogen) atoms. The minimum absolute atomic E-state index is 0.336. The van der Waals surface area contributed by atoms with Crippen LogP contribution in [0, 0.1) is 5.92 Å². The van der Waals surface area contributed by atoms with E-state index in [-0.39, 0.29) is 0 Å². The van der Waals surface area contributed by atoms with E-state index in [9.17, 15) is 0 Å². The third kappa shape index (κ3) is 2.76. The maximum absolute atomic E-state index is 6.00. The van der Waals surface area contributed by atoms with Crippen LogP contribution in [0.3, 0.4) is 0 Å². The zero-order valence-corrected chi connectivity index (χ0v) is 10.0. The van der Waals surface area contributed by atoms with Gasteiger partial charge < -0.3 is 11.1 Å². The van der Waals surface area contributed by atoms with Crippen molar-refractivity contribution in [3.05, 3.63) is 11.3 Å². The predicted octanol–water partition coefficient (Wildman–Crippen LogP) is 2.70. The van der Waals surface area contributed by atoms with Crippen LogP contribution < -0.4 is 11.1 Å². The van der Waals surface area contributed by atoms with Crippen LogP contribution >= 0.6 is 11.6 Å². The Bertz CT molecular complexity index is 350. The summed E-state index contributed by atoms with van der Waals surface area (Å²) in [5.41, 5.74) is 5.61. The molecule has 0 spiro atoms. The molecule has 0 aliphatic heterocycles. The molecule has 1 aromatic rings. The summed E-state index contributed by atoms with van der Waals surface area (Å²) in [7, 11) is 0. The molecule has 4 nitrogen and oxygen atoms in total. The first kappa shape index (κ1) is 11.5. The van der Waals surface area contributed by atoms with Gasteiger partial charge in [-0.3, -0.25) is 0 Å². The van der Waals surface area contributed by atoms with Crippen molar-refractivity contribution in [2.45, 2.75) is 32.1 Å². The van der Waals surface area contributed by atoms with E-state index in [0.29, 0.717) is 16.7 Å². The van der Waals surface area contributed by atoms with Gasteiger partial charge >= 0.3 is 0 Å². The van der Waals surface area contributed by atoms with Crippen molar-refractivity contribution in [1.82, 2.24) is 9.97 Å². The van der Waals surface area contributed by atoms with Crippen molar-refractivity contribution in [3.8, 4) is 0 Å². The Morgan fingerprint density at radius 3 is 2.81 bits per heavy atom. The predicted molar refractivity (Wildman–Crippen MR) is 66.5 cm³/mol. The SMILES string of the molecule is Nc1ncnc(NCC2CCCCC2)c1Cl. The number of nitrogen functional groups attached to an aromatic ring is 1. The molecule has 88 valence electrons. The first-order chi connectivity index (χ1) is 7.77. The second kappa shape index (κ2) is 5.34. The number of hydrogen-bond donors (Lipinski definition) is 2. The largest absolute Gasteiger partial charge is 0.382 e. The highest BCUT2D eigenvalue weighted by Crippen LogP contribution is 2.26. The summed E-state index contributed by atoms with van der Waals surface area (Å²) < 4.78 is 0. The molecule has 1 saturated carbocycles. The monoisotopic (exact) mass is 240 g/mol. The van der Waals surface area contributed by atoms with E-state index in [1.807, 2.05) is 0 Å². The smallest absolute Gasteiger partial charge is 0.150 e. The number of nitrogens with two attached hydrogens (primary N) is 1. The number of rotatable bonds is 3. The first-order valence-corrected chi connectivity index (χ1v) is 6.15. The molecule has 1 aromatic heterocycles. The Morgan fingerprint density at radius 2 is 2.06 bits per heavy atom. The molecule has 0 unspecified atom stereocenters. The van der Waals surface area contributed by atoms with Gasteiger partial charge in [0.15, 0.2) is 0 Å². The van der Waals surface area contributed by atoms with E-state index < -0.39 is 0 Å². The molecule has 0 saturated heterocycles. The molecule has 0 atom stereocenters.